The van der Waals surface area contributed by atoms with Gasteiger partial charge in [0.2, 0.25) is 17.7 Å². The molecule has 1 aromatic rings. The molecule has 3 amide bonds. The van der Waals surface area contributed by atoms with Crippen molar-refractivity contribution in [3.63, 3.8) is 0 Å². The van der Waals surface area contributed by atoms with Gasteiger partial charge in [0.05, 0.1) is 6.04 Å². The molecule has 0 saturated heterocycles. The molecule has 4 atom stereocenters. The topological polar surface area (TPSA) is 208 Å². The SMILES string of the molecule is CSCCC(NC(=O)C(CC(C)C)NC(=O)C(CCC(=O)O)NC(=O)C(N)Cc1ccc(O)cc1)C(=O)O. The van der Waals surface area contributed by atoms with E-state index in [-0.39, 0.29) is 37.4 Å². The highest BCUT2D eigenvalue weighted by Gasteiger charge is 2.31. The number of carbonyl (C=O) groups is 5. The summed E-state index contributed by atoms with van der Waals surface area (Å²) in [5.41, 5.74) is 6.65. The van der Waals surface area contributed by atoms with Crippen LogP contribution in [0.15, 0.2) is 24.3 Å². The molecule has 0 bridgehead atoms. The minimum absolute atomic E-state index is 0.0497. The summed E-state index contributed by atoms with van der Waals surface area (Å²) in [6.45, 7) is 3.64. The maximum Gasteiger partial charge on any atom is 0.326 e. The molecular weight excluding hydrogens is 516 g/mol. The van der Waals surface area contributed by atoms with Crippen LogP contribution >= 0.6 is 11.8 Å². The molecule has 38 heavy (non-hydrogen) atoms. The summed E-state index contributed by atoms with van der Waals surface area (Å²) in [6, 6.07) is 1.47. The summed E-state index contributed by atoms with van der Waals surface area (Å²) >= 11 is 1.43. The predicted molar refractivity (Wildman–Crippen MR) is 143 cm³/mol. The second-order valence-corrected chi connectivity index (χ2v) is 10.3. The zero-order chi connectivity index (χ0) is 28.8. The molecule has 0 aliphatic heterocycles. The van der Waals surface area contributed by atoms with E-state index in [0.29, 0.717) is 11.3 Å². The Labute approximate surface area is 226 Å². The minimum atomic E-state index is -1.29. The van der Waals surface area contributed by atoms with Gasteiger partial charge in [-0.2, -0.15) is 11.8 Å². The van der Waals surface area contributed by atoms with E-state index in [0.717, 1.165) is 0 Å². The lowest BCUT2D eigenvalue weighted by atomic mass is 10.0. The van der Waals surface area contributed by atoms with Gasteiger partial charge in [0, 0.05) is 6.42 Å². The number of carboxylic acid groups (broad SMARTS) is 2. The van der Waals surface area contributed by atoms with E-state index in [1.54, 1.807) is 12.1 Å². The van der Waals surface area contributed by atoms with Crippen molar-refractivity contribution in [3.8, 4) is 5.75 Å². The summed E-state index contributed by atoms with van der Waals surface area (Å²) < 4.78 is 0. The van der Waals surface area contributed by atoms with E-state index in [1.807, 2.05) is 20.1 Å². The van der Waals surface area contributed by atoms with Crippen LogP contribution < -0.4 is 21.7 Å². The number of thioether (sulfide) groups is 1. The third-order valence-corrected chi connectivity index (χ3v) is 6.22. The average Bonchev–Trinajstić information content (AvgIpc) is 2.84. The van der Waals surface area contributed by atoms with Gasteiger partial charge in [-0.3, -0.25) is 19.2 Å². The maximum absolute atomic E-state index is 13.1. The third kappa shape index (κ3) is 12.3. The maximum atomic E-state index is 13.1. The van der Waals surface area contributed by atoms with Gasteiger partial charge in [-0.15, -0.1) is 0 Å². The fraction of sp³-hybridized carbons (Fsp3) is 0.560. The molecule has 1 aromatic carbocycles. The molecule has 0 heterocycles. The number of phenols is 1. The summed E-state index contributed by atoms with van der Waals surface area (Å²) in [5, 5.41) is 35.4. The number of hydrogen-bond acceptors (Lipinski definition) is 8. The number of carboxylic acids is 2. The van der Waals surface area contributed by atoms with Gasteiger partial charge < -0.3 is 37.0 Å². The van der Waals surface area contributed by atoms with Crippen LogP contribution in [0, 0.1) is 5.92 Å². The Morgan fingerprint density at radius 1 is 0.868 bits per heavy atom. The van der Waals surface area contributed by atoms with E-state index < -0.39 is 60.2 Å². The first kappa shape index (κ1) is 32.7. The molecule has 0 aliphatic rings. The van der Waals surface area contributed by atoms with Crippen LogP contribution in [0.5, 0.6) is 5.75 Å². The Hall–Kier alpha value is -3.32. The van der Waals surface area contributed by atoms with Crippen LogP contribution in [0.25, 0.3) is 0 Å². The number of aromatic hydroxyl groups is 1. The summed E-state index contributed by atoms with van der Waals surface area (Å²) in [4.78, 5) is 61.5. The molecule has 0 aromatic heterocycles. The van der Waals surface area contributed by atoms with Gasteiger partial charge in [0.1, 0.15) is 23.9 Å². The van der Waals surface area contributed by atoms with Crippen molar-refractivity contribution in [3.05, 3.63) is 29.8 Å². The van der Waals surface area contributed by atoms with Gasteiger partial charge >= 0.3 is 11.9 Å². The van der Waals surface area contributed by atoms with Crippen LogP contribution in [0.2, 0.25) is 0 Å². The summed E-state index contributed by atoms with van der Waals surface area (Å²) in [6.07, 6.45) is 1.62. The first-order valence-electron chi connectivity index (χ1n) is 12.2. The number of rotatable bonds is 17. The van der Waals surface area contributed by atoms with Gasteiger partial charge in [-0.1, -0.05) is 26.0 Å². The molecule has 0 radical (unpaired) electrons. The Kier molecular flexibility index (Phi) is 14.2. The van der Waals surface area contributed by atoms with Crippen LogP contribution in [0.1, 0.15) is 45.1 Å². The Morgan fingerprint density at radius 3 is 1.95 bits per heavy atom. The summed E-state index contributed by atoms with van der Waals surface area (Å²) in [5.74, 6) is -4.04. The van der Waals surface area contributed by atoms with Crippen molar-refractivity contribution in [2.24, 2.45) is 11.7 Å². The van der Waals surface area contributed by atoms with Gasteiger partial charge in [-0.25, -0.2) is 4.79 Å². The lowest BCUT2D eigenvalue weighted by molar-refractivity contribution is -0.142. The number of carbonyl (C=O) groups excluding carboxylic acids is 3. The van der Waals surface area contributed by atoms with E-state index >= 15 is 0 Å². The van der Waals surface area contributed by atoms with Crippen molar-refractivity contribution < 1.29 is 39.3 Å². The van der Waals surface area contributed by atoms with E-state index in [2.05, 4.69) is 16.0 Å². The third-order valence-electron chi connectivity index (χ3n) is 5.57. The molecule has 0 fully saturated rings. The van der Waals surface area contributed by atoms with Gasteiger partial charge in [-0.05, 0) is 61.3 Å². The number of nitrogens with two attached hydrogens (primary N) is 1. The van der Waals surface area contributed by atoms with Crippen LogP contribution in [0.3, 0.4) is 0 Å². The fourth-order valence-corrected chi connectivity index (χ4v) is 4.01. The first-order chi connectivity index (χ1) is 17.8. The average molecular weight is 555 g/mol. The quantitative estimate of drug-likeness (QED) is 0.141. The monoisotopic (exact) mass is 554 g/mol. The minimum Gasteiger partial charge on any atom is -0.508 e. The number of benzene rings is 1. The smallest absolute Gasteiger partial charge is 0.326 e. The van der Waals surface area contributed by atoms with E-state index in [1.165, 1.54) is 23.9 Å². The molecule has 13 heteroatoms. The molecule has 8 N–H and O–H groups in total. The van der Waals surface area contributed by atoms with Crippen LogP contribution in [-0.2, 0) is 30.4 Å². The van der Waals surface area contributed by atoms with Gasteiger partial charge in [0.15, 0.2) is 0 Å². The normalized spacial score (nSPS) is 14.1. The molecule has 0 aliphatic carbocycles. The van der Waals surface area contributed by atoms with Crippen LogP contribution in [-0.4, -0.2) is 81.2 Å². The Bertz CT molecular complexity index is 957. The Morgan fingerprint density at radius 2 is 1.42 bits per heavy atom. The zero-order valence-corrected chi connectivity index (χ0v) is 22.6. The highest BCUT2D eigenvalue weighted by molar-refractivity contribution is 7.98. The largest absolute Gasteiger partial charge is 0.508 e. The van der Waals surface area contributed by atoms with Crippen molar-refractivity contribution in [2.75, 3.05) is 12.0 Å². The molecule has 1 rings (SSSR count). The van der Waals surface area contributed by atoms with Crippen molar-refractivity contribution in [2.45, 2.75) is 70.1 Å². The molecular formula is C25H38N4O8S. The number of aliphatic carboxylic acids is 2. The standard InChI is InChI=1S/C25H38N4O8S/c1-14(2)12-20(24(35)28-19(25(36)37)10-11-38-3)29-23(34)18(8-9-21(31)32)27-22(33)17(26)13-15-4-6-16(30)7-5-15/h4-7,14,17-20,30H,8-13,26H2,1-3H3,(H,27,33)(H,28,35)(H,29,34)(H,31,32)(H,36,37). The van der Waals surface area contributed by atoms with Crippen molar-refractivity contribution in [1.82, 2.24) is 16.0 Å². The number of phenolic OH excluding ortho intramolecular Hbond substituents is 1. The molecule has 0 saturated carbocycles. The number of amides is 3. The van der Waals surface area contributed by atoms with Crippen LogP contribution in [0.4, 0.5) is 0 Å². The van der Waals surface area contributed by atoms with E-state index in [4.69, 9.17) is 10.8 Å². The van der Waals surface area contributed by atoms with Crippen molar-refractivity contribution >= 4 is 41.4 Å². The number of nitrogens with one attached hydrogen (secondary N) is 3. The fourth-order valence-electron chi connectivity index (χ4n) is 3.53. The second kappa shape index (κ2) is 16.5. The van der Waals surface area contributed by atoms with Gasteiger partial charge in [0.25, 0.3) is 0 Å². The molecule has 0 spiro atoms. The molecule has 12 nitrogen and oxygen atoms in total. The molecule has 4 unspecified atom stereocenters. The summed E-state index contributed by atoms with van der Waals surface area (Å²) in [7, 11) is 0. The zero-order valence-electron chi connectivity index (χ0n) is 21.8. The highest BCUT2D eigenvalue weighted by atomic mass is 32.2. The lowest BCUT2D eigenvalue weighted by Crippen LogP contribution is -2.57. The second-order valence-electron chi connectivity index (χ2n) is 9.34. The predicted octanol–water partition coefficient (Wildman–Crippen LogP) is 0.465. The number of hydrogen-bond donors (Lipinski definition) is 7. The lowest BCUT2D eigenvalue weighted by Gasteiger charge is -2.26. The first-order valence-corrected chi connectivity index (χ1v) is 13.6. The van der Waals surface area contributed by atoms with E-state index in [9.17, 15) is 34.2 Å². The van der Waals surface area contributed by atoms with Crippen molar-refractivity contribution in [1.29, 1.82) is 0 Å². The molecule has 212 valence electrons. The highest BCUT2D eigenvalue weighted by Crippen LogP contribution is 2.12. The Balaban J connectivity index is 2.99.